The van der Waals surface area contributed by atoms with Gasteiger partial charge in [-0.05, 0) is 13.3 Å². The minimum Gasteiger partial charge on any atom is -0.391 e. The first-order valence-electron chi connectivity index (χ1n) is 4.41. The van der Waals surface area contributed by atoms with Gasteiger partial charge in [0.1, 0.15) is 0 Å². The van der Waals surface area contributed by atoms with Gasteiger partial charge >= 0.3 is 11.9 Å². The standard InChI is InChI=1S/C9H16O4/c1-4-5-6-12-7(2)9(11)13-8(3)10/h7H,4-6H2,1-3H3. The lowest BCUT2D eigenvalue weighted by molar-refractivity contribution is -0.166. The zero-order valence-electron chi connectivity index (χ0n) is 8.33. The summed E-state index contributed by atoms with van der Waals surface area (Å²) in [4.78, 5) is 21.4. The Morgan fingerprint density at radius 3 is 2.46 bits per heavy atom. The third-order valence-corrected chi connectivity index (χ3v) is 1.44. The molecular formula is C9H16O4. The summed E-state index contributed by atoms with van der Waals surface area (Å²) in [5, 5.41) is 0. The fourth-order valence-electron chi connectivity index (χ4n) is 0.697. The molecule has 0 amide bonds. The predicted molar refractivity (Wildman–Crippen MR) is 47.1 cm³/mol. The lowest BCUT2D eigenvalue weighted by Gasteiger charge is -2.09. The Morgan fingerprint density at radius 2 is 2.00 bits per heavy atom. The van der Waals surface area contributed by atoms with Gasteiger partial charge in [-0.25, -0.2) is 4.79 Å². The average molecular weight is 188 g/mol. The Morgan fingerprint density at radius 1 is 1.38 bits per heavy atom. The van der Waals surface area contributed by atoms with E-state index in [0.29, 0.717) is 6.61 Å². The first kappa shape index (κ1) is 12.1. The van der Waals surface area contributed by atoms with Crippen molar-refractivity contribution in [2.45, 2.75) is 39.7 Å². The zero-order valence-corrected chi connectivity index (χ0v) is 8.33. The van der Waals surface area contributed by atoms with Gasteiger partial charge in [0.05, 0.1) is 0 Å². The van der Waals surface area contributed by atoms with Gasteiger partial charge < -0.3 is 9.47 Å². The van der Waals surface area contributed by atoms with Crippen LogP contribution in [0.15, 0.2) is 0 Å². The van der Waals surface area contributed by atoms with Gasteiger partial charge in [-0.2, -0.15) is 0 Å². The normalized spacial score (nSPS) is 12.2. The highest BCUT2D eigenvalue weighted by Gasteiger charge is 2.16. The predicted octanol–water partition coefficient (Wildman–Crippen LogP) is 1.28. The van der Waals surface area contributed by atoms with Crippen LogP contribution in [0.2, 0.25) is 0 Å². The molecule has 76 valence electrons. The van der Waals surface area contributed by atoms with E-state index in [1.54, 1.807) is 6.92 Å². The topological polar surface area (TPSA) is 52.6 Å². The third-order valence-electron chi connectivity index (χ3n) is 1.44. The van der Waals surface area contributed by atoms with E-state index in [0.717, 1.165) is 12.8 Å². The molecule has 0 N–H and O–H groups in total. The van der Waals surface area contributed by atoms with Crippen LogP contribution in [-0.4, -0.2) is 24.6 Å². The molecule has 1 atom stereocenters. The van der Waals surface area contributed by atoms with Crippen molar-refractivity contribution in [1.82, 2.24) is 0 Å². The molecule has 0 aliphatic heterocycles. The lowest BCUT2D eigenvalue weighted by atomic mass is 10.3. The molecule has 0 aliphatic carbocycles. The van der Waals surface area contributed by atoms with Crippen molar-refractivity contribution in [3.8, 4) is 0 Å². The molecule has 13 heavy (non-hydrogen) atoms. The molecule has 1 unspecified atom stereocenters. The summed E-state index contributed by atoms with van der Waals surface area (Å²) in [7, 11) is 0. The first-order chi connectivity index (χ1) is 6.07. The van der Waals surface area contributed by atoms with E-state index in [9.17, 15) is 9.59 Å². The Balaban J connectivity index is 3.63. The van der Waals surface area contributed by atoms with Crippen molar-refractivity contribution < 1.29 is 19.1 Å². The summed E-state index contributed by atoms with van der Waals surface area (Å²) in [6.45, 7) is 5.31. The molecule has 0 saturated carbocycles. The van der Waals surface area contributed by atoms with E-state index >= 15 is 0 Å². The Labute approximate surface area is 78.2 Å². The second-order valence-electron chi connectivity index (χ2n) is 2.78. The number of hydrogen-bond donors (Lipinski definition) is 0. The van der Waals surface area contributed by atoms with Gasteiger partial charge in [0.2, 0.25) is 0 Å². The Bertz CT molecular complexity index is 176. The van der Waals surface area contributed by atoms with Crippen molar-refractivity contribution in [1.29, 1.82) is 0 Å². The van der Waals surface area contributed by atoms with Crippen LogP contribution in [0.4, 0.5) is 0 Å². The molecule has 0 spiro atoms. The van der Waals surface area contributed by atoms with Crippen LogP contribution in [-0.2, 0) is 19.1 Å². The number of carbonyl (C=O) groups excluding carboxylic acids is 2. The van der Waals surface area contributed by atoms with Crippen LogP contribution in [0.1, 0.15) is 33.6 Å². The minimum absolute atomic E-state index is 0.519. The van der Waals surface area contributed by atoms with Crippen molar-refractivity contribution >= 4 is 11.9 Å². The fraction of sp³-hybridized carbons (Fsp3) is 0.778. The molecule has 0 aromatic rings. The Hall–Kier alpha value is -0.900. The van der Waals surface area contributed by atoms with E-state index in [-0.39, 0.29) is 0 Å². The second kappa shape index (κ2) is 6.60. The van der Waals surface area contributed by atoms with E-state index in [1.807, 2.05) is 6.92 Å². The van der Waals surface area contributed by atoms with Gasteiger partial charge in [-0.3, -0.25) is 4.79 Å². The number of carbonyl (C=O) groups is 2. The molecule has 0 bridgehead atoms. The summed E-state index contributed by atoms with van der Waals surface area (Å²) >= 11 is 0. The van der Waals surface area contributed by atoms with Crippen LogP contribution in [0.3, 0.4) is 0 Å². The first-order valence-corrected chi connectivity index (χ1v) is 4.41. The molecule has 0 radical (unpaired) electrons. The SMILES string of the molecule is CCCCOC(C)C(=O)OC(C)=O. The highest BCUT2D eigenvalue weighted by molar-refractivity contribution is 5.86. The number of ether oxygens (including phenoxy) is 2. The van der Waals surface area contributed by atoms with Gasteiger partial charge in [0.25, 0.3) is 0 Å². The number of unbranched alkanes of at least 4 members (excludes halogenated alkanes) is 1. The van der Waals surface area contributed by atoms with Crippen molar-refractivity contribution in [2.24, 2.45) is 0 Å². The van der Waals surface area contributed by atoms with Crippen LogP contribution in [0.25, 0.3) is 0 Å². The molecule has 0 saturated heterocycles. The van der Waals surface area contributed by atoms with Gasteiger partial charge in [0, 0.05) is 13.5 Å². The molecule has 0 aliphatic rings. The molecule has 4 heteroatoms. The van der Waals surface area contributed by atoms with E-state index < -0.39 is 18.0 Å². The van der Waals surface area contributed by atoms with Crippen molar-refractivity contribution in [2.75, 3.05) is 6.61 Å². The minimum atomic E-state index is -0.657. The molecule has 0 aromatic heterocycles. The number of hydrogen-bond acceptors (Lipinski definition) is 4. The molecule has 0 fully saturated rings. The van der Waals surface area contributed by atoms with E-state index in [4.69, 9.17) is 4.74 Å². The lowest BCUT2D eigenvalue weighted by Crippen LogP contribution is -2.25. The van der Waals surface area contributed by atoms with Gasteiger partial charge in [0.15, 0.2) is 6.10 Å². The highest BCUT2D eigenvalue weighted by Crippen LogP contribution is 1.97. The maximum absolute atomic E-state index is 11.0. The van der Waals surface area contributed by atoms with Crippen molar-refractivity contribution in [3.05, 3.63) is 0 Å². The summed E-state index contributed by atoms with van der Waals surface area (Å²) in [6.07, 6.45) is 1.25. The average Bonchev–Trinajstić information content (AvgIpc) is 2.03. The largest absolute Gasteiger partial charge is 0.391 e. The zero-order chi connectivity index (χ0) is 10.3. The molecule has 4 nitrogen and oxygen atoms in total. The van der Waals surface area contributed by atoms with Crippen LogP contribution in [0.5, 0.6) is 0 Å². The monoisotopic (exact) mass is 188 g/mol. The second-order valence-corrected chi connectivity index (χ2v) is 2.78. The maximum Gasteiger partial charge on any atom is 0.342 e. The number of esters is 2. The fourth-order valence-corrected chi connectivity index (χ4v) is 0.697. The van der Waals surface area contributed by atoms with Crippen molar-refractivity contribution in [3.63, 3.8) is 0 Å². The quantitative estimate of drug-likeness (QED) is 0.370. The van der Waals surface area contributed by atoms with Crippen LogP contribution >= 0.6 is 0 Å². The summed E-state index contributed by atoms with van der Waals surface area (Å²) in [6, 6.07) is 0. The summed E-state index contributed by atoms with van der Waals surface area (Å²) in [5.74, 6) is -1.22. The Kier molecular flexibility index (Phi) is 6.14. The molecule has 0 aromatic carbocycles. The van der Waals surface area contributed by atoms with Gasteiger partial charge in [-0.1, -0.05) is 13.3 Å². The van der Waals surface area contributed by atoms with E-state index in [2.05, 4.69) is 4.74 Å². The van der Waals surface area contributed by atoms with Crippen LogP contribution in [0, 0.1) is 0 Å². The maximum atomic E-state index is 11.0. The number of rotatable bonds is 5. The summed E-state index contributed by atoms with van der Waals surface area (Å²) in [5.41, 5.74) is 0. The molecule has 0 heterocycles. The molecular weight excluding hydrogens is 172 g/mol. The van der Waals surface area contributed by atoms with Crippen LogP contribution < -0.4 is 0 Å². The molecule has 0 rings (SSSR count). The van der Waals surface area contributed by atoms with E-state index in [1.165, 1.54) is 6.92 Å². The highest BCUT2D eigenvalue weighted by atomic mass is 16.6. The summed E-state index contributed by atoms with van der Waals surface area (Å²) < 4.78 is 9.46. The third kappa shape index (κ3) is 6.28. The smallest absolute Gasteiger partial charge is 0.342 e. The van der Waals surface area contributed by atoms with Gasteiger partial charge in [-0.15, -0.1) is 0 Å².